The number of anilines is 2. The van der Waals surface area contributed by atoms with Crippen LogP contribution in [0.1, 0.15) is 10.4 Å². The Morgan fingerprint density at radius 1 is 1.28 bits per heavy atom. The Morgan fingerprint density at radius 3 is 2.67 bits per heavy atom. The van der Waals surface area contributed by atoms with E-state index in [-0.39, 0.29) is 15.7 Å². The fourth-order valence-corrected chi connectivity index (χ4v) is 1.67. The fraction of sp³-hybridized carbons (Fsp3) is 0. The molecule has 2 N–H and O–H groups in total. The van der Waals surface area contributed by atoms with Gasteiger partial charge in [-0.1, -0.05) is 23.2 Å². The van der Waals surface area contributed by atoms with E-state index in [1.807, 2.05) is 0 Å². The maximum absolute atomic E-state index is 10.7. The van der Waals surface area contributed by atoms with Crippen molar-refractivity contribution in [3.63, 3.8) is 0 Å². The summed E-state index contributed by atoms with van der Waals surface area (Å²) in [6, 6.07) is 4.34. The number of aromatic carboxylic acids is 1. The van der Waals surface area contributed by atoms with E-state index in [1.165, 1.54) is 24.5 Å². The summed E-state index contributed by atoms with van der Waals surface area (Å²) in [6.45, 7) is 0. The van der Waals surface area contributed by atoms with Crippen LogP contribution in [0.15, 0.2) is 30.6 Å². The Balaban J connectivity index is 2.27. The molecule has 0 amide bonds. The van der Waals surface area contributed by atoms with E-state index in [1.54, 1.807) is 6.07 Å². The van der Waals surface area contributed by atoms with Gasteiger partial charge in [0.05, 0.1) is 28.7 Å². The molecule has 1 heterocycles. The maximum Gasteiger partial charge on any atom is 0.335 e. The number of carbonyl (C=O) groups is 1. The lowest BCUT2D eigenvalue weighted by molar-refractivity contribution is 0.0697. The van der Waals surface area contributed by atoms with E-state index >= 15 is 0 Å². The highest BCUT2D eigenvalue weighted by atomic mass is 35.5. The molecule has 0 atom stereocenters. The van der Waals surface area contributed by atoms with Gasteiger partial charge in [-0.05, 0) is 18.2 Å². The molecule has 0 aliphatic rings. The number of hydrogen-bond donors (Lipinski definition) is 2. The van der Waals surface area contributed by atoms with Gasteiger partial charge in [0.25, 0.3) is 0 Å². The van der Waals surface area contributed by atoms with Crippen molar-refractivity contribution in [2.45, 2.75) is 0 Å². The van der Waals surface area contributed by atoms with Gasteiger partial charge in [0.2, 0.25) is 0 Å². The number of hydrogen-bond acceptors (Lipinski definition) is 4. The van der Waals surface area contributed by atoms with Crippen LogP contribution in [0.5, 0.6) is 0 Å². The fourth-order valence-electron chi connectivity index (χ4n) is 1.29. The lowest BCUT2D eigenvalue weighted by Gasteiger charge is -2.07. The highest BCUT2D eigenvalue weighted by Crippen LogP contribution is 2.25. The van der Waals surface area contributed by atoms with Crippen molar-refractivity contribution in [3.8, 4) is 0 Å². The van der Waals surface area contributed by atoms with Crippen LogP contribution in [0.25, 0.3) is 0 Å². The second kappa shape index (κ2) is 5.20. The Labute approximate surface area is 112 Å². The Morgan fingerprint density at radius 2 is 2.06 bits per heavy atom. The molecule has 2 rings (SSSR count). The highest BCUT2D eigenvalue weighted by Gasteiger charge is 2.07. The molecule has 0 saturated heterocycles. The van der Waals surface area contributed by atoms with Crippen LogP contribution in [-0.4, -0.2) is 21.0 Å². The largest absolute Gasteiger partial charge is 0.478 e. The quantitative estimate of drug-likeness (QED) is 0.905. The number of halogens is 2. The van der Waals surface area contributed by atoms with Gasteiger partial charge in [-0.3, -0.25) is 4.98 Å². The summed E-state index contributed by atoms with van der Waals surface area (Å²) in [5.74, 6) is -0.613. The Kier molecular flexibility index (Phi) is 3.64. The number of nitrogens with one attached hydrogen (secondary N) is 1. The average Bonchev–Trinajstić information content (AvgIpc) is 2.31. The smallest absolute Gasteiger partial charge is 0.335 e. The van der Waals surface area contributed by atoms with Gasteiger partial charge >= 0.3 is 5.97 Å². The minimum Gasteiger partial charge on any atom is -0.478 e. The lowest BCUT2D eigenvalue weighted by atomic mass is 10.2. The monoisotopic (exact) mass is 283 g/mol. The molecular weight excluding hydrogens is 277 g/mol. The van der Waals surface area contributed by atoms with Gasteiger partial charge in [0.15, 0.2) is 5.82 Å². The number of aromatic nitrogens is 2. The average molecular weight is 284 g/mol. The third kappa shape index (κ3) is 2.88. The minimum absolute atomic E-state index is 0.114. The van der Waals surface area contributed by atoms with E-state index in [4.69, 9.17) is 28.3 Å². The van der Waals surface area contributed by atoms with Crippen LogP contribution < -0.4 is 5.32 Å². The third-order valence-corrected chi connectivity index (χ3v) is 2.58. The highest BCUT2D eigenvalue weighted by molar-refractivity contribution is 6.33. The number of carboxylic acid groups (broad SMARTS) is 1. The molecule has 92 valence electrons. The summed E-state index contributed by atoms with van der Waals surface area (Å²) in [5, 5.41) is 12.2. The predicted octanol–water partition coefficient (Wildman–Crippen LogP) is 3.23. The SMILES string of the molecule is O=C(O)c1ccc(Nc2cncc(Cl)n2)c(Cl)c1. The maximum atomic E-state index is 10.7. The Bertz CT molecular complexity index is 605. The van der Waals surface area contributed by atoms with E-state index in [2.05, 4.69) is 15.3 Å². The van der Waals surface area contributed by atoms with Crippen LogP contribution in [0, 0.1) is 0 Å². The summed E-state index contributed by atoms with van der Waals surface area (Å²) >= 11 is 11.6. The summed E-state index contributed by atoms with van der Waals surface area (Å²) in [6.07, 6.45) is 2.88. The van der Waals surface area contributed by atoms with Gasteiger partial charge in [0.1, 0.15) is 5.15 Å². The van der Waals surface area contributed by atoms with Gasteiger partial charge < -0.3 is 10.4 Å². The first-order chi connectivity index (χ1) is 8.56. The van der Waals surface area contributed by atoms with Crippen LogP contribution in [0.2, 0.25) is 10.2 Å². The second-order valence-corrected chi connectivity index (χ2v) is 4.15. The molecule has 7 heteroatoms. The zero-order valence-corrected chi connectivity index (χ0v) is 10.4. The molecule has 5 nitrogen and oxygen atoms in total. The Hall–Kier alpha value is -1.85. The topological polar surface area (TPSA) is 75.1 Å². The number of rotatable bonds is 3. The van der Waals surface area contributed by atoms with E-state index in [0.29, 0.717) is 11.5 Å². The first-order valence-corrected chi connectivity index (χ1v) is 5.59. The molecule has 0 bridgehead atoms. The van der Waals surface area contributed by atoms with Crippen molar-refractivity contribution in [1.82, 2.24) is 9.97 Å². The van der Waals surface area contributed by atoms with Crippen molar-refractivity contribution in [2.24, 2.45) is 0 Å². The number of benzene rings is 1. The number of carboxylic acids is 1. The molecule has 0 radical (unpaired) electrons. The molecule has 2 aromatic rings. The van der Waals surface area contributed by atoms with Crippen LogP contribution >= 0.6 is 23.2 Å². The van der Waals surface area contributed by atoms with E-state index in [0.717, 1.165) is 0 Å². The van der Waals surface area contributed by atoms with Gasteiger partial charge in [-0.25, -0.2) is 9.78 Å². The van der Waals surface area contributed by atoms with Crippen LogP contribution in [0.4, 0.5) is 11.5 Å². The molecular formula is C11H7Cl2N3O2. The van der Waals surface area contributed by atoms with Crippen molar-refractivity contribution < 1.29 is 9.90 Å². The van der Waals surface area contributed by atoms with Crippen LogP contribution in [0.3, 0.4) is 0 Å². The normalized spacial score (nSPS) is 10.1. The first-order valence-electron chi connectivity index (χ1n) is 4.83. The van der Waals surface area contributed by atoms with Gasteiger partial charge in [-0.2, -0.15) is 0 Å². The summed E-state index contributed by atoms with van der Waals surface area (Å²) in [7, 11) is 0. The van der Waals surface area contributed by atoms with Crippen molar-refractivity contribution in [2.75, 3.05) is 5.32 Å². The zero-order chi connectivity index (χ0) is 13.1. The number of nitrogens with zero attached hydrogens (tertiary/aromatic N) is 2. The third-order valence-electron chi connectivity index (χ3n) is 2.08. The molecule has 0 aliphatic heterocycles. The molecule has 0 spiro atoms. The van der Waals surface area contributed by atoms with Gasteiger partial charge in [-0.15, -0.1) is 0 Å². The standard InChI is InChI=1S/C11H7Cl2N3O2/c12-7-3-6(11(17)18)1-2-8(7)15-10-5-14-4-9(13)16-10/h1-5H,(H,15,16)(H,17,18). The predicted molar refractivity (Wildman–Crippen MR) is 68.7 cm³/mol. The minimum atomic E-state index is -1.04. The molecule has 0 aliphatic carbocycles. The van der Waals surface area contributed by atoms with Crippen LogP contribution in [-0.2, 0) is 0 Å². The van der Waals surface area contributed by atoms with Gasteiger partial charge in [0, 0.05) is 0 Å². The summed E-state index contributed by atoms with van der Waals surface area (Å²) in [4.78, 5) is 18.6. The summed E-state index contributed by atoms with van der Waals surface area (Å²) in [5.41, 5.74) is 0.640. The lowest BCUT2D eigenvalue weighted by Crippen LogP contribution is -1.99. The molecule has 0 fully saturated rings. The molecule has 18 heavy (non-hydrogen) atoms. The molecule has 1 aromatic carbocycles. The molecule has 1 aromatic heterocycles. The van der Waals surface area contributed by atoms with Crippen molar-refractivity contribution in [1.29, 1.82) is 0 Å². The second-order valence-electron chi connectivity index (χ2n) is 3.35. The zero-order valence-electron chi connectivity index (χ0n) is 8.89. The molecule has 0 saturated carbocycles. The van der Waals surface area contributed by atoms with E-state index < -0.39 is 5.97 Å². The van der Waals surface area contributed by atoms with Crippen molar-refractivity contribution >= 4 is 40.7 Å². The van der Waals surface area contributed by atoms with E-state index in [9.17, 15) is 4.79 Å². The summed E-state index contributed by atoms with van der Waals surface area (Å²) < 4.78 is 0. The first kappa shape index (κ1) is 12.6. The molecule has 0 unspecified atom stereocenters. The van der Waals surface area contributed by atoms with Crippen molar-refractivity contribution in [3.05, 3.63) is 46.3 Å².